The Balaban J connectivity index is 1.95. The van der Waals surface area contributed by atoms with Gasteiger partial charge in [0.2, 0.25) is 0 Å². The molecule has 1 saturated heterocycles. The smallest absolute Gasteiger partial charge is 0.407 e. The van der Waals surface area contributed by atoms with Crippen molar-refractivity contribution in [2.75, 3.05) is 20.2 Å². The van der Waals surface area contributed by atoms with E-state index >= 15 is 0 Å². The third kappa shape index (κ3) is 2.81. The van der Waals surface area contributed by atoms with Gasteiger partial charge in [-0.2, -0.15) is 0 Å². The first-order valence-electron chi connectivity index (χ1n) is 5.47. The van der Waals surface area contributed by atoms with Crippen LogP contribution >= 0.6 is 0 Å². The molecule has 5 heteroatoms. The minimum atomic E-state index is -0.887. The number of carboxylic acid groups (broad SMARTS) is 1. The van der Waals surface area contributed by atoms with E-state index in [4.69, 9.17) is 14.6 Å². The van der Waals surface area contributed by atoms with Crippen LogP contribution in [0.25, 0.3) is 0 Å². The molecule has 1 fully saturated rings. The Labute approximate surface area is 99.6 Å². The number of hydrogen-bond donors (Lipinski definition) is 1. The average molecular weight is 237 g/mol. The third-order valence-electron chi connectivity index (χ3n) is 2.76. The zero-order valence-corrected chi connectivity index (χ0v) is 9.63. The largest absolute Gasteiger partial charge is 0.497 e. The topological polar surface area (TPSA) is 59.0 Å². The van der Waals surface area contributed by atoms with Crippen molar-refractivity contribution in [1.82, 2.24) is 4.90 Å². The van der Waals surface area contributed by atoms with E-state index in [1.807, 2.05) is 18.2 Å². The Kier molecular flexibility index (Phi) is 3.37. The molecule has 1 aliphatic rings. The second kappa shape index (κ2) is 4.95. The summed E-state index contributed by atoms with van der Waals surface area (Å²) in [7, 11) is 1.60. The number of amides is 1. The van der Waals surface area contributed by atoms with Gasteiger partial charge in [-0.05, 0) is 12.1 Å². The molecule has 92 valence electrons. The summed E-state index contributed by atoms with van der Waals surface area (Å²) in [6.45, 7) is 0.955. The minimum absolute atomic E-state index is 0.0711. The number of rotatable bonds is 3. The molecule has 17 heavy (non-hydrogen) atoms. The van der Waals surface area contributed by atoms with Gasteiger partial charge in [-0.25, -0.2) is 4.79 Å². The molecule has 1 heterocycles. The number of ether oxygens (including phenoxy) is 2. The number of methoxy groups -OCH3 is 1. The molecule has 0 spiro atoms. The Morgan fingerprint density at radius 3 is 2.88 bits per heavy atom. The summed E-state index contributed by atoms with van der Waals surface area (Å²) in [4.78, 5) is 12.1. The van der Waals surface area contributed by atoms with Crippen LogP contribution in [0, 0.1) is 0 Å². The highest BCUT2D eigenvalue weighted by Gasteiger charge is 2.27. The van der Waals surface area contributed by atoms with Gasteiger partial charge in [0.1, 0.15) is 17.6 Å². The fourth-order valence-corrected chi connectivity index (χ4v) is 1.87. The quantitative estimate of drug-likeness (QED) is 0.871. The summed E-state index contributed by atoms with van der Waals surface area (Å²) in [5.74, 6) is 1.44. The number of nitrogens with zero attached hydrogens (tertiary/aromatic N) is 1. The lowest BCUT2D eigenvalue weighted by Crippen LogP contribution is -2.29. The van der Waals surface area contributed by atoms with Crippen molar-refractivity contribution in [2.24, 2.45) is 0 Å². The number of carbonyl (C=O) groups is 1. The van der Waals surface area contributed by atoms with Crippen LogP contribution in [0.5, 0.6) is 11.5 Å². The van der Waals surface area contributed by atoms with Gasteiger partial charge in [-0.3, -0.25) is 0 Å². The summed E-state index contributed by atoms with van der Waals surface area (Å²) >= 11 is 0. The molecular weight excluding hydrogens is 222 g/mol. The lowest BCUT2D eigenvalue weighted by Gasteiger charge is -2.14. The van der Waals surface area contributed by atoms with Crippen LogP contribution in [0.2, 0.25) is 0 Å². The summed E-state index contributed by atoms with van der Waals surface area (Å²) in [6, 6.07) is 7.32. The van der Waals surface area contributed by atoms with Crippen molar-refractivity contribution in [3.05, 3.63) is 24.3 Å². The van der Waals surface area contributed by atoms with Crippen LogP contribution in [0.15, 0.2) is 24.3 Å². The first-order valence-corrected chi connectivity index (χ1v) is 5.47. The van der Waals surface area contributed by atoms with E-state index in [-0.39, 0.29) is 6.10 Å². The van der Waals surface area contributed by atoms with E-state index in [0.717, 1.165) is 12.2 Å². The average Bonchev–Trinajstić information content (AvgIpc) is 2.78. The van der Waals surface area contributed by atoms with E-state index in [0.29, 0.717) is 18.8 Å². The van der Waals surface area contributed by atoms with Gasteiger partial charge in [-0.15, -0.1) is 0 Å². The number of benzene rings is 1. The Morgan fingerprint density at radius 1 is 1.47 bits per heavy atom. The van der Waals surface area contributed by atoms with Gasteiger partial charge >= 0.3 is 6.09 Å². The van der Waals surface area contributed by atoms with Gasteiger partial charge in [0.05, 0.1) is 13.7 Å². The zero-order valence-electron chi connectivity index (χ0n) is 9.63. The van der Waals surface area contributed by atoms with Gasteiger partial charge in [0, 0.05) is 19.0 Å². The molecule has 2 rings (SSSR count). The fourth-order valence-electron chi connectivity index (χ4n) is 1.87. The maximum atomic E-state index is 10.8. The second-order valence-corrected chi connectivity index (χ2v) is 3.94. The molecule has 5 nitrogen and oxygen atoms in total. The second-order valence-electron chi connectivity index (χ2n) is 3.94. The van der Waals surface area contributed by atoms with Crippen LogP contribution in [-0.4, -0.2) is 42.4 Å². The van der Waals surface area contributed by atoms with Crippen molar-refractivity contribution in [1.29, 1.82) is 0 Å². The van der Waals surface area contributed by atoms with Crippen LogP contribution in [-0.2, 0) is 0 Å². The highest BCUT2D eigenvalue weighted by Crippen LogP contribution is 2.22. The van der Waals surface area contributed by atoms with Crippen molar-refractivity contribution < 1.29 is 19.4 Å². The van der Waals surface area contributed by atoms with Gasteiger partial charge < -0.3 is 19.5 Å². The van der Waals surface area contributed by atoms with Crippen molar-refractivity contribution >= 4 is 6.09 Å². The van der Waals surface area contributed by atoms with Crippen molar-refractivity contribution in [3.63, 3.8) is 0 Å². The Bertz CT molecular complexity index is 407. The molecule has 0 bridgehead atoms. The van der Waals surface area contributed by atoms with Crippen LogP contribution in [0.3, 0.4) is 0 Å². The van der Waals surface area contributed by atoms with Crippen molar-refractivity contribution in [3.8, 4) is 11.5 Å². The molecule has 0 saturated carbocycles. The van der Waals surface area contributed by atoms with E-state index in [1.54, 1.807) is 13.2 Å². The summed E-state index contributed by atoms with van der Waals surface area (Å²) in [5.41, 5.74) is 0. The SMILES string of the molecule is COc1cccc(O[C@H]2CCN(C(=O)O)C2)c1. The molecule has 0 aromatic heterocycles. The van der Waals surface area contributed by atoms with Gasteiger partial charge in [0.25, 0.3) is 0 Å². The standard InChI is InChI=1S/C12H15NO4/c1-16-9-3-2-4-10(7-9)17-11-5-6-13(8-11)12(14)15/h2-4,7,11H,5-6,8H2,1H3,(H,14,15)/t11-/m0/s1. The molecular formula is C12H15NO4. The van der Waals surface area contributed by atoms with E-state index in [2.05, 4.69) is 0 Å². The molecule has 0 unspecified atom stereocenters. The molecule has 1 atom stereocenters. The summed E-state index contributed by atoms with van der Waals surface area (Å²) in [5, 5.41) is 8.83. The summed E-state index contributed by atoms with van der Waals surface area (Å²) < 4.78 is 10.8. The third-order valence-corrected chi connectivity index (χ3v) is 2.76. The maximum absolute atomic E-state index is 10.8. The first kappa shape index (κ1) is 11.6. The zero-order chi connectivity index (χ0) is 12.3. The minimum Gasteiger partial charge on any atom is -0.497 e. The lowest BCUT2D eigenvalue weighted by atomic mass is 10.3. The molecule has 1 amide bonds. The van der Waals surface area contributed by atoms with E-state index < -0.39 is 6.09 Å². The molecule has 1 aliphatic heterocycles. The Morgan fingerprint density at radius 2 is 2.24 bits per heavy atom. The maximum Gasteiger partial charge on any atom is 0.407 e. The van der Waals surface area contributed by atoms with Gasteiger partial charge in [-0.1, -0.05) is 6.07 Å². The highest BCUT2D eigenvalue weighted by molar-refractivity contribution is 5.65. The van der Waals surface area contributed by atoms with Crippen molar-refractivity contribution in [2.45, 2.75) is 12.5 Å². The molecule has 1 N–H and O–H groups in total. The van der Waals surface area contributed by atoms with Crippen LogP contribution in [0.4, 0.5) is 4.79 Å². The monoisotopic (exact) mass is 237 g/mol. The fraction of sp³-hybridized carbons (Fsp3) is 0.417. The number of hydrogen-bond acceptors (Lipinski definition) is 3. The highest BCUT2D eigenvalue weighted by atomic mass is 16.5. The van der Waals surface area contributed by atoms with E-state index in [9.17, 15) is 4.79 Å². The predicted molar refractivity (Wildman–Crippen MR) is 61.6 cm³/mol. The van der Waals surface area contributed by atoms with Crippen LogP contribution in [0.1, 0.15) is 6.42 Å². The molecule has 1 aromatic rings. The summed E-state index contributed by atoms with van der Waals surface area (Å²) in [6.07, 6.45) is -0.233. The van der Waals surface area contributed by atoms with Gasteiger partial charge in [0.15, 0.2) is 0 Å². The molecule has 0 aliphatic carbocycles. The first-order chi connectivity index (χ1) is 8.19. The predicted octanol–water partition coefficient (Wildman–Crippen LogP) is 1.83. The van der Waals surface area contributed by atoms with Crippen LogP contribution < -0.4 is 9.47 Å². The number of likely N-dealkylation sites (tertiary alicyclic amines) is 1. The lowest BCUT2D eigenvalue weighted by molar-refractivity contribution is 0.145. The Hall–Kier alpha value is -1.91. The van der Waals surface area contributed by atoms with E-state index in [1.165, 1.54) is 4.90 Å². The molecule has 1 aromatic carbocycles. The molecule has 0 radical (unpaired) electrons. The normalized spacial score (nSPS) is 19.1.